The van der Waals surface area contributed by atoms with E-state index in [0.717, 1.165) is 0 Å². The van der Waals surface area contributed by atoms with Crippen molar-refractivity contribution < 1.29 is 24.5 Å². The molecule has 1 saturated heterocycles. The van der Waals surface area contributed by atoms with Gasteiger partial charge in [-0.2, -0.15) is 0 Å². The Balaban J connectivity index is 1.88. The molecule has 0 radical (unpaired) electrons. The van der Waals surface area contributed by atoms with Crippen LogP contribution in [0.1, 0.15) is 6.23 Å². The Morgan fingerprint density at radius 1 is 1.39 bits per heavy atom. The smallest absolute Gasteiger partial charge is 0.338 e. The Labute approximate surface area is 134 Å². The molecule has 0 bridgehead atoms. The van der Waals surface area contributed by atoms with E-state index < -0.39 is 30.5 Å². The van der Waals surface area contributed by atoms with Crippen LogP contribution in [0.3, 0.4) is 0 Å². The molecule has 1 aliphatic heterocycles. The molecule has 2 aromatic heterocycles. The summed E-state index contributed by atoms with van der Waals surface area (Å²) < 4.78 is 11.6. The molecule has 1 fully saturated rings. The number of fused-ring (bicyclic) bond motifs is 1. The number of esters is 1. The fourth-order valence-electron chi connectivity index (χ4n) is 2.36. The average Bonchev–Trinajstić information content (AvgIpc) is 3.09. The zero-order valence-electron chi connectivity index (χ0n) is 11.7. The number of aliphatic hydroxyl groups is 2. The SMILES string of the molecule is Nc1ncnc2c1ncn2[C@@H]1O[C@H](C(=O)OCCCl)[C@@H](O)[C@H]1O. The van der Waals surface area contributed by atoms with E-state index >= 15 is 0 Å². The zero-order valence-corrected chi connectivity index (χ0v) is 12.5. The van der Waals surface area contributed by atoms with Crippen molar-refractivity contribution >= 4 is 34.6 Å². The van der Waals surface area contributed by atoms with Crippen LogP contribution in [0.2, 0.25) is 0 Å². The number of hydrogen-bond acceptors (Lipinski definition) is 9. The number of imidazole rings is 1. The van der Waals surface area contributed by atoms with Crippen LogP contribution in [0.15, 0.2) is 12.7 Å². The summed E-state index contributed by atoms with van der Waals surface area (Å²) in [5, 5.41) is 20.2. The fourth-order valence-corrected chi connectivity index (χ4v) is 2.44. The van der Waals surface area contributed by atoms with E-state index in [4.69, 9.17) is 26.8 Å². The molecular weight excluding hydrogens is 330 g/mol. The summed E-state index contributed by atoms with van der Waals surface area (Å²) >= 11 is 5.44. The number of alkyl halides is 1. The highest BCUT2D eigenvalue weighted by Crippen LogP contribution is 2.32. The van der Waals surface area contributed by atoms with Crippen LogP contribution >= 0.6 is 11.6 Å². The minimum atomic E-state index is -1.46. The standard InChI is InChI=1S/C12H14ClN5O5/c13-1-2-22-12(21)8-6(19)7(20)11(23-8)18-4-17-5-9(14)15-3-16-10(5)18/h3-4,6-8,11,19-20H,1-2H2,(H2,14,15,16)/t6-,7+,8-,11+/m0/s1. The molecule has 0 amide bonds. The van der Waals surface area contributed by atoms with Gasteiger partial charge in [-0.1, -0.05) is 0 Å². The van der Waals surface area contributed by atoms with Crippen LogP contribution in [0.5, 0.6) is 0 Å². The van der Waals surface area contributed by atoms with Crippen molar-refractivity contribution in [2.24, 2.45) is 0 Å². The fraction of sp³-hybridized carbons (Fsp3) is 0.500. The number of ether oxygens (including phenoxy) is 2. The summed E-state index contributed by atoms with van der Waals surface area (Å²) in [6.45, 7) is -0.0223. The first-order valence-electron chi connectivity index (χ1n) is 6.71. The Bertz CT molecular complexity index is 725. The molecule has 0 saturated carbocycles. The lowest BCUT2D eigenvalue weighted by Gasteiger charge is -2.16. The summed E-state index contributed by atoms with van der Waals surface area (Å²) in [4.78, 5) is 23.7. The first-order chi connectivity index (χ1) is 11.0. The number of halogens is 1. The number of anilines is 1. The molecular formula is C12H14ClN5O5. The third-order valence-electron chi connectivity index (χ3n) is 3.45. The van der Waals surface area contributed by atoms with Crippen molar-refractivity contribution in [3.63, 3.8) is 0 Å². The molecule has 1 aliphatic rings. The third-order valence-corrected chi connectivity index (χ3v) is 3.61. The second kappa shape index (κ2) is 6.24. The zero-order chi connectivity index (χ0) is 16.6. The van der Waals surface area contributed by atoms with Crippen molar-refractivity contribution in [1.82, 2.24) is 19.5 Å². The summed E-state index contributed by atoms with van der Waals surface area (Å²) in [7, 11) is 0. The predicted octanol–water partition coefficient (Wildman–Crippen LogP) is -1.19. The Hall–Kier alpha value is -2.01. The van der Waals surface area contributed by atoms with Crippen LogP contribution in [0, 0.1) is 0 Å². The molecule has 23 heavy (non-hydrogen) atoms. The number of nitrogens with two attached hydrogens (primary N) is 1. The maximum absolute atomic E-state index is 11.8. The van der Waals surface area contributed by atoms with Gasteiger partial charge in [0.05, 0.1) is 12.2 Å². The number of carbonyl (C=O) groups is 1. The van der Waals surface area contributed by atoms with Crippen LogP contribution in [-0.4, -0.2) is 66.5 Å². The monoisotopic (exact) mass is 343 g/mol. The van der Waals surface area contributed by atoms with Crippen molar-refractivity contribution in [1.29, 1.82) is 0 Å². The van der Waals surface area contributed by atoms with Crippen molar-refractivity contribution in [2.45, 2.75) is 24.5 Å². The minimum absolute atomic E-state index is 0.0223. The number of rotatable bonds is 4. The van der Waals surface area contributed by atoms with Crippen molar-refractivity contribution in [3.05, 3.63) is 12.7 Å². The highest BCUT2D eigenvalue weighted by Gasteiger charge is 2.48. The largest absolute Gasteiger partial charge is 0.462 e. The molecule has 10 nitrogen and oxygen atoms in total. The maximum atomic E-state index is 11.8. The van der Waals surface area contributed by atoms with E-state index in [2.05, 4.69) is 15.0 Å². The van der Waals surface area contributed by atoms with Gasteiger partial charge in [-0.25, -0.2) is 19.7 Å². The number of carbonyl (C=O) groups excluding carboxylic acids is 1. The highest BCUT2D eigenvalue weighted by atomic mass is 35.5. The molecule has 4 N–H and O–H groups in total. The van der Waals surface area contributed by atoms with Gasteiger partial charge in [0.15, 0.2) is 23.8 Å². The minimum Gasteiger partial charge on any atom is -0.462 e. The van der Waals surface area contributed by atoms with Crippen LogP contribution < -0.4 is 5.73 Å². The summed E-state index contributed by atoms with van der Waals surface area (Å²) in [5.41, 5.74) is 6.33. The first-order valence-corrected chi connectivity index (χ1v) is 7.25. The van der Waals surface area contributed by atoms with E-state index in [0.29, 0.717) is 11.2 Å². The van der Waals surface area contributed by atoms with E-state index in [-0.39, 0.29) is 18.3 Å². The van der Waals surface area contributed by atoms with E-state index in [1.807, 2.05) is 0 Å². The second-order valence-corrected chi connectivity index (χ2v) is 5.25. The van der Waals surface area contributed by atoms with E-state index in [1.54, 1.807) is 0 Å². The summed E-state index contributed by atoms with van der Waals surface area (Å²) in [5.74, 6) is -0.527. The van der Waals surface area contributed by atoms with Crippen molar-refractivity contribution in [2.75, 3.05) is 18.2 Å². The quantitative estimate of drug-likeness (QED) is 0.460. The van der Waals surface area contributed by atoms with Gasteiger partial charge in [-0.05, 0) is 0 Å². The number of nitrogens with zero attached hydrogens (tertiary/aromatic N) is 4. The molecule has 11 heteroatoms. The van der Waals surface area contributed by atoms with Crippen LogP contribution in [-0.2, 0) is 14.3 Å². The normalized spacial score (nSPS) is 27.4. The van der Waals surface area contributed by atoms with Gasteiger partial charge in [0.2, 0.25) is 0 Å². The lowest BCUT2D eigenvalue weighted by atomic mass is 10.1. The van der Waals surface area contributed by atoms with Crippen LogP contribution in [0.25, 0.3) is 11.2 Å². The van der Waals surface area contributed by atoms with E-state index in [1.165, 1.54) is 17.2 Å². The molecule has 4 atom stereocenters. The molecule has 0 unspecified atom stereocenters. The highest BCUT2D eigenvalue weighted by molar-refractivity contribution is 6.18. The molecule has 3 heterocycles. The van der Waals surface area contributed by atoms with Gasteiger partial charge in [0.25, 0.3) is 0 Å². The Morgan fingerprint density at radius 2 is 2.17 bits per heavy atom. The van der Waals surface area contributed by atoms with Gasteiger partial charge in [-0.3, -0.25) is 4.57 Å². The topological polar surface area (TPSA) is 146 Å². The molecule has 0 aliphatic carbocycles. The molecule has 2 aromatic rings. The summed E-state index contributed by atoms with van der Waals surface area (Å²) in [6, 6.07) is 0. The van der Waals surface area contributed by atoms with Gasteiger partial charge in [-0.15, -0.1) is 11.6 Å². The lowest BCUT2D eigenvalue weighted by molar-refractivity contribution is -0.161. The Morgan fingerprint density at radius 3 is 2.91 bits per heavy atom. The van der Waals surface area contributed by atoms with Crippen molar-refractivity contribution in [3.8, 4) is 0 Å². The molecule has 124 valence electrons. The average molecular weight is 344 g/mol. The first kappa shape index (κ1) is 15.9. The van der Waals surface area contributed by atoms with Gasteiger partial charge in [0, 0.05) is 0 Å². The van der Waals surface area contributed by atoms with Gasteiger partial charge < -0.3 is 25.4 Å². The van der Waals surface area contributed by atoms with Crippen LogP contribution in [0.4, 0.5) is 5.82 Å². The molecule has 3 rings (SSSR count). The second-order valence-electron chi connectivity index (χ2n) is 4.87. The Kier molecular flexibility index (Phi) is 4.31. The number of aromatic nitrogens is 4. The molecule has 0 spiro atoms. The number of hydrogen-bond donors (Lipinski definition) is 3. The summed E-state index contributed by atoms with van der Waals surface area (Å²) in [6.07, 6.45) is -2.67. The van der Waals surface area contributed by atoms with E-state index in [9.17, 15) is 15.0 Å². The number of aliphatic hydroxyl groups excluding tert-OH is 2. The number of nitrogen functional groups attached to an aromatic ring is 1. The van der Waals surface area contributed by atoms with Gasteiger partial charge >= 0.3 is 5.97 Å². The lowest BCUT2D eigenvalue weighted by Crippen LogP contribution is -2.37. The third kappa shape index (κ3) is 2.70. The predicted molar refractivity (Wildman–Crippen MR) is 77.3 cm³/mol. The van der Waals surface area contributed by atoms with Gasteiger partial charge in [0.1, 0.15) is 30.7 Å². The maximum Gasteiger partial charge on any atom is 0.338 e. The molecule has 0 aromatic carbocycles.